The van der Waals surface area contributed by atoms with Gasteiger partial charge in [0.1, 0.15) is 11.4 Å². The first-order valence-electron chi connectivity index (χ1n) is 11.6. The first-order chi connectivity index (χ1) is 17.0. The van der Waals surface area contributed by atoms with E-state index in [1.54, 1.807) is 37.3 Å². The van der Waals surface area contributed by atoms with Gasteiger partial charge in [-0.25, -0.2) is 13.2 Å². The number of carbonyl (C=O) groups excluding carboxylic acids is 1. The maximum Gasteiger partial charge on any atom is 0.319 e. The van der Waals surface area contributed by atoms with Gasteiger partial charge in [0.2, 0.25) is 0 Å². The molecule has 0 aromatic heterocycles. The van der Waals surface area contributed by atoms with Crippen LogP contribution in [0.3, 0.4) is 0 Å². The summed E-state index contributed by atoms with van der Waals surface area (Å²) in [4.78, 5) is 36.7. The molecule has 3 aromatic rings. The van der Waals surface area contributed by atoms with Crippen LogP contribution in [0.25, 0.3) is 0 Å². The van der Waals surface area contributed by atoms with Crippen molar-refractivity contribution in [1.82, 2.24) is 5.32 Å². The number of benzene rings is 2. The van der Waals surface area contributed by atoms with Gasteiger partial charge in [-0.3, -0.25) is 14.3 Å². The second-order valence-corrected chi connectivity index (χ2v) is 11.1. The van der Waals surface area contributed by atoms with Crippen LogP contribution in [0, 0.1) is 13.8 Å². The molecule has 3 aromatic carbocycles. The molecule has 1 fully saturated rings. The Hall–Kier alpha value is -3.37. The van der Waals surface area contributed by atoms with E-state index in [4.69, 9.17) is 11.6 Å². The molecule has 2 amide bonds. The van der Waals surface area contributed by atoms with Crippen molar-refractivity contribution in [3.63, 3.8) is 0 Å². The fourth-order valence-corrected chi connectivity index (χ4v) is 5.79. The van der Waals surface area contributed by atoms with Gasteiger partial charge in [0.05, 0.1) is 4.90 Å². The van der Waals surface area contributed by atoms with Crippen LogP contribution in [-0.2, 0) is 10.0 Å². The molecule has 9 nitrogen and oxygen atoms in total. The Morgan fingerprint density at radius 2 is 1.53 bits per heavy atom. The van der Waals surface area contributed by atoms with Crippen molar-refractivity contribution in [2.45, 2.75) is 56.5 Å². The zero-order chi connectivity index (χ0) is 26.0. The van der Waals surface area contributed by atoms with E-state index < -0.39 is 20.9 Å². The number of urea groups is 1. The van der Waals surface area contributed by atoms with E-state index in [1.807, 2.05) is 13.0 Å². The Morgan fingerprint density at radius 3 is 2.19 bits per heavy atom. The van der Waals surface area contributed by atoms with Gasteiger partial charge in [0.25, 0.3) is 20.9 Å². The lowest BCUT2D eigenvalue weighted by atomic mass is 9.91. The Kier molecular flexibility index (Phi) is 7.37. The van der Waals surface area contributed by atoms with E-state index in [-0.39, 0.29) is 34.4 Å². The lowest BCUT2D eigenvalue weighted by Gasteiger charge is -2.31. The third-order valence-corrected chi connectivity index (χ3v) is 8.29. The van der Waals surface area contributed by atoms with Crippen molar-refractivity contribution in [3.8, 4) is 0 Å². The van der Waals surface area contributed by atoms with Crippen LogP contribution in [0.1, 0.15) is 36.8 Å². The molecule has 0 radical (unpaired) electrons. The Balaban J connectivity index is 1.33. The lowest BCUT2D eigenvalue weighted by molar-refractivity contribution is 0.243. The van der Waals surface area contributed by atoms with E-state index in [9.17, 15) is 22.8 Å². The Bertz CT molecular complexity index is 1470. The molecule has 1 saturated carbocycles. The Labute approximate surface area is 214 Å². The molecule has 1 aliphatic carbocycles. The van der Waals surface area contributed by atoms with Crippen LogP contribution in [0.15, 0.2) is 56.9 Å². The number of sulfonamides is 1. The quantitative estimate of drug-likeness (QED) is 0.342. The van der Waals surface area contributed by atoms with Crippen molar-refractivity contribution in [1.29, 1.82) is 0 Å². The monoisotopic (exact) mass is 530 g/mol. The molecular formula is C25H27ClN4O5S. The van der Waals surface area contributed by atoms with Gasteiger partial charge in [-0.05, 0) is 68.9 Å². The van der Waals surface area contributed by atoms with E-state index >= 15 is 0 Å². The maximum atomic E-state index is 12.8. The molecule has 4 N–H and O–H groups in total. The van der Waals surface area contributed by atoms with Gasteiger partial charge in [-0.1, -0.05) is 35.9 Å². The van der Waals surface area contributed by atoms with Crippen LogP contribution in [0.2, 0.25) is 5.02 Å². The van der Waals surface area contributed by atoms with Crippen LogP contribution < -0.4 is 31.5 Å². The molecule has 1 aliphatic rings. The fraction of sp³-hybridized carbons (Fsp3) is 0.320. The molecule has 4 rings (SSSR count). The summed E-state index contributed by atoms with van der Waals surface area (Å²) in [5.41, 5.74) is 0.188. The van der Waals surface area contributed by atoms with E-state index in [0.29, 0.717) is 42.0 Å². The standard InChI is InChI=1S/C25H27ClN4O5S/c1-14-7-8-18(13-19(14)26)29-25(33)28-17-11-9-16(10-12-17)27-21-22(24(32)23(21)31)30-36(34,35)20-6-4-3-5-15(20)2/h3-8,13,16-17,27,30H,9-12H2,1-2H3,(H2,28,29,33). The summed E-state index contributed by atoms with van der Waals surface area (Å²) in [6, 6.07) is 11.2. The highest BCUT2D eigenvalue weighted by atomic mass is 35.5. The third-order valence-electron chi connectivity index (χ3n) is 6.37. The van der Waals surface area contributed by atoms with Crippen LogP contribution in [-0.4, -0.2) is 26.5 Å². The number of amides is 2. The summed E-state index contributed by atoms with van der Waals surface area (Å²) in [6.07, 6.45) is 2.56. The second-order valence-electron chi connectivity index (χ2n) is 9.03. The highest BCUT2D eigenvalue weighted by molar-refractivity contribution is 7.92. The average molecular weight is 531 g/mol. The largest absolute Gasteiger partial charge is 0.377 e. The topological polar surface area (TPSA) is 133 Å². The summed E-state index contributed by atoms with van der Waals surface area (Å²) in [5.74, 6) is 0. The van der Waals surface area contributed by atoms with Crippen LogP contribution >= 0.6 is 11.6 Å². The van der Waals surface area contributed by atoms with E-state index in [2.05, 4.69) is 20.7 Å². The smallest absolute Gasteiger partial charge is 0.319 e. The molecule has 0 atom stereocenters. The zero-order valence-electron chi connectivity index (χ0n) is 19.9. The SMILES string of the molecule is Cc1ccc(NC(=O)NC2CCC(Nc3c(NS(=O)(=O)c4ccccc4C)c(=O)c3=O)CC2)cc1Cl. The molecule has 190 valence electrons. The number of hydrogen-bond acceptors (Lipinski definition) is 6. The molecule has 0 aliphatic heterocycles. The van der Waals surface area contributed by atoms with Gasteiger partial charge < -0.3 is 16.0 Å². The van der Waals surface area contributed by atoms with Crippen molar-refractivity contribution in [3.05, 3.63) is 79.1 Å². The minimum atomic E-state index is -4.02. The highest BCUT2D eigenvalue weighted by Crippen LogP contribution is 2.27. The number of halogens is 1. The number of aryl methyl sites for hydroxylation is 2. The minimum absolute atomic E-state index is 0.0115. The van der Waals surface area contributed by atoms with Gasteiger partial charge >= 0.3 is 6.03 Å². The lowest BCUT2D eigenvalue weighted by Crippen LogP contribution is -2.44. The van der Waals surface area contributed by atoms with Crippen LogP contribution in [0.4, 0.5) is 21.9 Å². The van der Waals surface area contributed by atoms with E-state index in [1.165, 1.54) is 6.07 Å². The summed E-state index contributed by atoms with van der Waals surface area (Å²) in [6.45, 7) is 3.53. The molecule has 0 spiro atoms. The molecule has 0 unspecified atom stereocenters. The van der Waals surface area contributed by atoms with Gasteiger partial charge in [0, 0.05) is 22.8 Å². The van der Waals surface area contributed by atoms with Crippen molar-refractivity contribution >= 4 is 44.7 Å². The summed E-state index contributed by atoms with van der Waals surface area (Å²) in [5, 5.41) is 9.31. The summed E-state index contributed by atoms with van der Waals surface area (Å²) >= 11 is 6.10. The number of nitrogens with one attached hydrogen (secondary N) is 4. The summed E-state index contributed by atoms with van der Waals surface area (Å²) < 4.78 is 27.8. The van der Waals surface area contributed by atoms with Crippen LogP contribution in [0.5, 0.6) is 0 Å². The third kappa shape index (κ3) is 5.55. The predicted octanol–water partition coefficient (Wildman–Crippen LogP) is 3.90. The molecule has 11 heteroatoms. The van der Waals surface area contributed by atoms with Gasteiger partial charge in [0.15, 0.2) is 0 Å². The molecule has 0 saturated heterocycles. The van der Waals surface area contributed by atoms with Gasteiger partial charge in [-0.2, -0.15) is 0 Å². The first-order valence-corrected chi connectivity index (χ1v) is 13.4. The predicted molar refractivity (Wildman–Crippen MR) is 141 cm³/mol. The Morgan fingerprint density at radius 1 is 0.889 bits per heavy atom. The number of anilines is 3. The number of hydrogen-bond donors (Lipinski definition) is 4. The minimum Gasteiger partial charge on any atom is -0.377 e. The number of carbonyl (C=O) groups is 1. The van der Waals surface area contributed by atoms with Crippen molar-refractivity contribution < 1.29 is 13.2 Å². The fourth-order valence-electron chi connectivity index (χ4n) is 4.28. The molecule has 36 heavy (non-hydrogen) atoms. The van der Waals surface area contributed by atoms with Gasteiger partial charge in [-0.15, -0.1) is 0 Å². The highest BCUT2D eigenvalue weighted by Gasteiger charge is 2.30. The molecular weight excluding hydrogens is 504 g/mol. The molecule has 0 bridgehead atoms. The average Bonchev–Trinajstić information content (AvgIpc) is 2.84. The maximum absolute atomic E-state index is 12.8. The summed E-state index contributed by atoms with van der Waals surface area (Å²) in [7, 11) is -4.02. The first kappa shape index (κ1) is 25.7. The van der Waals surface area contributed by atoms with Crippen molar-refractivity contribution in [2.24, 2.45) is 0 Å². The second kappa shape index (κ2) is 10.3. The normalized spacial score (nSPS) is 18.0. The van der Waals surface area contributed by atoms with E-state index in [0.717, 1.165) is 5.56 Å². The number of rotatable bonds is 7. The molecule has 0 heterocycles. The van der Waals surface area contributed by atoms with Crippen molar-refractivity contribution in [2.75, 3.05) is 15.4 Å². The zero-order valence-corrected chi connectivity index (χ0v) is 21.4.